The van der Waals surface area contributed by atoms with E-state index in [1.165, 1.54) is 75.7 Å². The zero-order chi connectivity index (χ0) is 23.2. The number of hydrogen-bond donors (Lipinski definition) is 0. The second-order valence-electron chi connectivity index (χ2n) is 14.3. The molecule has 0 atom stereocenters. The summed E-state index contributed by atoms with van der Waals surface area (Å²) < 4.78 is 7.08. The minimum absolute atomic E-state index is 0.839. The molecule has 2 fully saturated rings. The van der Waals surface area contributed by atoms with Crippen molar-refractivity contribution in [2.45, 2.75) is 152 Å². The van der Waals surface area contributed by atoms with Crippen LogP contribution in [0.15, 0.2) is 0 Å². The third kappa shape index (κ3) is 11.8. The molecule has 0 aliphatic carbocycles. The van der Waals surface area contributed by atoms with Crippen molar-refractivity contribution < 1.29 is 4.12 Å². The third-order valence-corrected chi connectivity index (χ3v) is 23.0. The van der Waals surface area contributed by atoms with Gasteiger partial charge in [0.1, 0.15) is 13.4 Å². The van der Waals surface area contributed by atoms with Gasteiger partial charge in [-0.1, -0.05) is 114 Å². The molecule has 0 aromatic heterocycles. The van der Waals surface area contributed by atoms with E-state index in [1.54, 1.807) is 24.2 Å². The van der Waals surface area contributed by atoms with Gasteiger partial charge in [0.15, 0.2) is 16.6 Å². The van der Waals surface area contributed by atoms with Crippen LogP contribution in [0, 0.1) is 0 Å². The first-order valence-corrected chi connectivity index (χ1v) is 27.0. The van der Waals surface area contributed by atoms with Crippen molar-refractivity contribution in [2.24, 2.45) is 0 Å². The molecule has 0 unspecified atom stereocenters. The Morgan fingerprint density at radius 2 is 0.871 bits per heavy atom. The van der Waals surface area contributed by atoms with Crippen molar-refractivity contribution >= 4 is 46.2 Å². The van der Waals surface area contributed by atoms with Gasteiger partial charge >= 0.3 is 0 Å². The topological polar surface area (TPSA) is 9.23 Å². The predicted octanol–water partition coefficient (Wildman–Crippen LogP) is 9.41. The van der Waals surface area contributed by atoms with Gasteiger partial charge in [-0.2, -0.15) is 0 Å². The highest BCUT2D eigenvalue weighted by Crippen LogP contribution is 2.33. The smallest absolute Gasteiger partial charge is 0.172 e. The molecular weight excluding hydrogens is 438 g/mol. The molecule has 2 heterocycles. The quantitative estimate of drug-likeness (QED) is 0.305. The van der Waals surface area contributed by atoms with E-state index in [-0.39, 0.29) is 0 Å². The second kappa shape index (κ2) is 12.1. The summed E-state index contributed by atoms with van der Waals surface area (Å²) in [5.74, 6) is 0. The van der Waals surface area contributed by atoms with Crippen LogP contribution in [0.4, 0.5) is 0 Å². The fraction of sp³-hybridized carbons (Fsp3) is 1.00. The van der Waals surface area contributed by atoms with Gasteiger partial charge < -0.3 is 4.12 Å². The van der Waals surface area contributed by atoms with E-state index >= 15 is 0 Å². The highest BCUT2D eigenvalue weighted by atomic mass is 28.4. The molecule has 0 bridgehead atoms. The SMILES string of the molecule is C[Si]1(C)CCCB(CC[Si](C)(C)O[Si](C)(C)CCB2CCC[Si](C)(C)CCC2)CCC1. The number of hydrogen-bond acceptors (Lipinski definition) is 1. The molecule has 180 valence electrons. The summed E-state index contributed by atoms with van der Waals surface area (Å²) in [5, 5.41) is 0. The summed E-state index contributed by atoms with van der Waals surface area (Å²) in [6, 6.07) is 9.09. The summed E-state index contributed by atoms with van der Waals surface area (Å²) >= 11 is 0. The maximum Gasteiger partial charge on any atom is 0.172 e. The van der Waals surface area contributed by atoms with Gasteiger partial charge in [-0.25, -0.2) is 0 Å². The van der Waals surface area contributed by atoms with Crippen LogP contribution < -0.4 is 0 Å². The first-order chi connectivity index (χ1) is 14.3. The van der Waals surface area contributed by atoms with Crippen LogP contribution >= 0.6 is 0 Å². The van der Waals surface area contributed by atoms with E-state index in [2.05, 4.69) is 52.4 Å². The average molecular weight is 495 g/mol. The average Bonchev–Trinajstić information content (AvgIpc) is 2.59. The van der Waals surface area contributed by atoms with Crippen molar-refractivity contribution in [3.05, 3.63) is 0 Å². The van der Waals surface area contributed by atoms with Crippen molar-refractivity contribution in [3.8, 4) is 0 Å². The van der Waals surface area contributed by atoms with Gasteiger partial charge in [0, 0.05) is 16.1 Å². The van der Waals surface area contributed by atoms with E-state index in [1.807, 2.05) is 0 Å². The molecule has 0 aromatic carbocycles. The van der Waals surface area contributed by atoms with E-state index in [0.717, 1.165) is 13.4 Å². The van der Waals surface area contributed by atoms with Crippen LogP contribution in [0.25, 0.3) is 0 Å². The Kier molecular flexibility index (Phi) is 11.0. The van der Waals surface area contributed by atoms with Crippen LogP contribution in [-0.2, 0) is 4.12 Å². The highest BCUT2D eigenvalue weighted by molar-refractivity contribution is 6.86. The molecule has 0 amide bonds. The summed E-state index contributed by atoms with van der Waals surface area (Å²) in [6.07, 6.45) is 14.9. The van der Waals surface area contributed by atoms with Gasteiger partial charge in [0.2, 0.25) is 0 Å². The lowest BCUT2D eigenvalue weighted by atomic mass is 9.42. The lowest BCUT2D eigenvalue weighted by molar-refractivity contribution is 0.541. The minimum atomic E-state index is -1.53. The first-order valence-electron chi connectivity index (χ1n) is 14.0. The molecule has 0 spiro atoms. The van der Waals surface area contributed by atoms with Gasteiger partial charge in [0.25, 0.3) is 0 Å². The lowest BCUT2D eigenvalue weighted by Crippen LogP contribution is -2.45. The predicted molar refractivity (Wildman–Crippen MR) is 159 cm³/mol. The Balaban J connectivity index is 1.73. The number of rotatable bonds is 8. The zero-order valence-electron chi connectivity index (χ0n) is 22.9. The summed E-state index contributed by atoms with van der Waals surface area (Å²) in [5.41, 5.74) is 0. The Morgan fingerprint density at radius 1 is 0.581 bits per heavy atom. The fourth-order valence-electron chi connectivity index (χ4n) is 6.55. The summed E-state index contributed by atoms with van der Waals surface area (Å²) in [7, 11) is -4.73. The molecule has 0 radical (unpaired) electrons. The first kappa shape index (κ1) is 28.2. The van der Waals surface area contributed by atoms with E-state index in [0.29, 0.717) is 0 Å². The van der Waals surface area contributed by atoms with Gasteiger partial charge in [-0.15, -0.1) is 0 Å². The van der Waals surface area contributed by atoms with Gasteiger partial charge in [-0.05, 0) is 38.3 Å². The van der Waals surface area contributed by atoms with Crippen molar-refractivity contribution in [1.29, 1.82) is 0 Å². The van der Waals surface area contributed by atoms with Crippen molar-refractivity contribution in [3.63, 3.8) is 0 Å². The lowest BCUT2D eigenvalue weighted by Gasteiger charge is -2.36. The van der Waals surface area contributed by atoms with Crippen molar-refractivity contribution in [1.82, 2.24) is 0 Å². The van der Waals surface area contributed by atoms with E-state index in [9.17, 15) is 0 Å². The molecular formula is C24H56B2OSi4. The van der Waals surface area contributed by atoms with Gasteiger partial charge in [0.05, 0.1) is 0 Å². The fourth-order valence-corrected chi connectivity index (χ4v) is 20.7. The Morgan fingerprint density at radius 3 is 1.16 bits per heavy atom. The summed E-state index contributed by atoms with van der Waals surface area (Å²) in [6.45, 7) is 22.6. The molecule has 7 heteroatoms. The second-order valence-corrected chi connectivity index (χ2v) is 33.8. The molecule has 2 aliphatic rings. The highest BCUT2D eigenvalue weighted by Gasteiger charge is 2.35. The Labute approximate surface area is 202 Å². The van der Waals surface area contributed by atoms with Crippen LogP contribution in [0.2, 0.25) is 127 Å². The zero-order valence-corrected chi connectivity index (χ0v) is 26.9. The Hall–Kier alpha value is 0.957. The van der Waals surface area contributed by atoms with Crippen LogP contribution in [-0.4, -0.2) is 46.2 Å². The maximum absolute atomic E-state index is 7.08. The molecule has 2 aliphatic heterocycles. The summed E-state index contributed by atoms with van der Waals surface area (Å²) in [4.78, 5) is 0. The molecule has 2 saturated heterocycles. The van der Waals surface area contributed by atoms with Crippen LogP contribution in [0.1, 0.15) is 25.7 Å². The molecule has 2 rings (SSSR count). The molecule has 0 aromatic rings. The minimum Gasteiger partial charge on any atom is -0.456 e. The largest absolute Gasteiger partial charge is 0.456 e. The standard InChI is InChI=1S/C24H56B2OSi4/c1-28(2)19-9-13-25(14-10-20-28)17-23-30(5,6)27-31(7,8)24-18-26-15-11-21-29(3,4)22-12-16-26/h9-24H2,1-8H3. The third-order valence-electron chi connectivity index (χ3n) is 8.73. The van der Waals surface area contributed by atoms with Crippen LogP contribution in [0.3, 0.4) is 0 Å². The van der Waals surface area contributed by atoms with Gasteiger partial charge in [-0.3, -0.25) is 0 Å². The molecule has 31 heavy (non-hydrogen) atoms. The Bertz CT molecular complexity index is 470. The van der Waals surface area contributed by atoms with E-state index < -0.39 is 32.8 Å². The van der Waals surface area contributed by atoms with Crippen molar-refractivity contribution in [2.75, 3.05) is 0 Å². The molecule has 1 nitrogen and oxygen atoms in total. The van der Waals surface area contributed by atoms with E-state index in [4.69, 9.17) is 4.12 Å². The molecule has 0 N–H and O–H groups in total. The normalized spacial score (nSPS) is 23.6. The maximum atomic E-state index is 7.08. The van der Waals surface area contributed by atoms with Crippen LogP contribution in [0.5, 0.6) is 0 Å². The monoisotopic (exact) mass is 494 g/mol. The molecule has 0 saturated carbocycles.